The van der Waals surface area contributed by atoms with Crippen LogP contribution in [-0.2, 0) is 21.2 Å². The normalized spacial score (nSPS) is 11.4. The van der Waals surface area contributed by atoms with Crippen molar-refractivity contribution in [2.45, 2.75) is 25.2 Å². The number of nitrogens with one attached hydrogen (secondary N) is 2. The zero-order valence-electron chi connectivity index (χ0n) is 17.6. The highest BCUT2D eigenvalue weighted by Gasteiger charge is 2.18. The van der Waals surface area contributed by atoms with Crippen LogP contribution >= 0.6 is 22.7 Å². The van der Waals surface area contributed by atoms with Gasteiger partial charge in [-0.15, -0.1) is 22.7 Å². The lowest BCUT2D eigenvalue weighted by Crippen LogP contribution is -2.16. The molecule has 2 aromatic carbocycles. The lowest BCUT2D eigenvalue weighted by Gasteiger charge is -2.10. The van der Waals surface area contributed by atoms with E-state index in [-0.39, 0.29) is 22.9 Å². The Hall–Kier alpha value is -3.15. The van der Waals surface area contributed by atoms with Crippen LogP contribution < -0.4 is 10.0 Å². The molecular weight excluding hydrogens is 483 g/mol. The van der Waals surface area contributed by atoms with E-state index in [0.29, 0.717) is 10.7 Å². The van der Waals surface area contributed by atoms with Crippen molar-refractivity contribution < 1.29 is 17.6 Å². The molecular formula is C22H19FN4O3S3. The largest absolute Gasteiger partial charge is 0.302 e. The maximum absolute atomic E-state index is 13.8. The minimum atomic E-state index is -4.02. The Balaban J connectivity index is 1.45. The fourth-order valence-corrected chi connectivity index (χ4v) is 5.93. The van der Waals surface area contributed by atoms with Gasteiger partial charge in [0.1, 0.15) is 5.82 Å². The van der Waals surface area contributed by atoms with E-state index < -0.39 is 15.8 Å². The fraction of sp³-hybridized carbons (Fsp3) is 0.136. The van der Waals surface area contributed by atoms with Gasteiger partial charge in [0.25, 0.3) is 10.0 Å². The van der Waals surface area contributed by atoms with E-state index in [2.05, 4.69) is 20.0 Å². The van der Waals surface area contributed by atoms with Gasteiger partial charge in [0.2, 0.25) is 5.91 Å². The first-order chi connectivity index (χ1) is 15.7. The molecule has 2 N–H and O–H groups in total. The molecule has 1 amide bonds. The van der Waals surface area contributed by atoms with Crippen LogP contribution in [0, 0.1) is 19.7 Å². The summed E-state index contributed by atoms with van der Waals surface area (Å²) in [5.41, 5.74) is 2.00. The maximum Gasteiger partial charge on any atom is 0.261 e. The quantitative estimate of drug-likeness (QED) is 0.370. The molecule has 0 bridgehead atoms. The molecule has 0 saturated heterocycles. The van der Waals surface area contributed by atoms with Gasteiger partial charge in [0, 0.05) is 5.38 Å². The van der Waals surface area contributed by atoms with Crippen molar-refractivity contribution in [3.8, 4) is 10.6 Å². The molecule has 4 aromatic rings. The summed E-state index contributed by atoms with van der Waals surface area (Å²) >= 11 is 2.85. The Bertz CT molecular complexity index is 1430. The molecule has 0 aliphatic carbocycles. The van der Waals surface area contributed by atoms with E-state index in [1.165, 1.54) is 53.8 Å². The highest BCUT2D eigenvalue weighted by molar-refractivity contribution is 7.92. The molecule has 170 valence electrons. The summed E-state index contributed by atoms with van der Waals surface area (Å²) in [5, 5.41) is 6.00. The minimum absolute atomic E-state index is 0.0450. The number of rotatable bonds is 7. The molecule has 0 atom stereocenters. The number of amides is 1. The lowest BCUT2D eigenvalue weighted by molar-refractivity contribution is -0.115. The number of carbonyl (C=O) groups is 1. The van der Waals surface area contributed by atoms with Crippen LogP contribution in [0.2, 0.25) is 0 Å². The van der Waals surface area contributed by atoms with Gasteiger partial charge in [-0.25, -0.2) is 22.8 Å². The van der Waals surface area contributed by atoms with Crippen molar-refractivity contribution in [2.75, 3.05) is 10.0 Å². The monoisotopic (exact) mass is 502 g/mol. The summed E-state index contributed by atoms with van der Waals surface area (Å²) in [6.07, 6.45) is -0.0450. The molecule has 0 aliphatic rings. The summed E-state index contributed by atoms with van der Waals surface area (Å²) in [7, 11) is -4.02. The van der Waals surface area contributed by atoms with E-state index in [4.69, 9.17) is 0 Å². The summed E-state index contributed by atoms with van der Waals surface area (Å²) in [5.74, 6) is -1.01. The first kappa shape index (κ1) is 23.0. The van der Waals surface area contributed by atoms with Gasteiger partial charge in [-0.1, -0.05) is 24.3 Å². The van der Waals surface area contributed by atoms with E-state index in [9.17, 15) is 17.6 Å². The number of carbonyl (C=O) groups excluding carboxylic acids is 1. The predicted molar refractivity (Wildman–Crippen MR) is 129 cm³/mol. The molecule has 4 rings (SSSR count). The van der Waals surface area contributed by atoms with Gasteiger partial charge in [-0.05, 0) is 43.7 Å². The van der Waals surface area contributed by atoms with Gasteiger partial charge in [0.05, 0.1) is 38.3 Å². The summed E-state index contributed by atoms with van der Waals surface area (Å²) in [6.45, 7) is 3.84. The molecule has 7 nitrogen and oxygen atoms in total. The van der Waals surface area contributed by atoms with Crippen molar-refractivity contribution in [3.63, 3.8) is 0 Å². The smallest absolute Gasteiger partial charge is 0.261 e. The number of aryl methyl sites for hydroxylation is 2. The Morgan fingerprint density at radius 1 is 1.09 bits per heavy atom. The SMILES string of the molecule is Cc1nc(C)c(-c2csc(NC(=O)Cc3cccc(S(=O)(=O)Nc4ccccc4F)c3)n2)s1. The second kappa shape index (κ2) is 9.38. The van der Waals surface area contributed by atoms with Crippen molar-refractivity contribution in [3.05, 3.63) is 76.0 Å². The Labute approximate surface area is 198 Å². The highest BCUT2D eigenvalue weighted by Crippen LogP contribution is 2.32. The summed E-state index contributed by atoms with van der Waals surface area (Å²) in [6, 6.07) is 11.5. The number of anilines is 2. The molecule has 0 spiro atoms. The van der Waals surface area contributed by atoms with E-state index >= 15 is 0 Å². The molecule has 2 heterocycles. The maximum atomic E-state index is 13.8. The zero-order chi connectivity index (χ0) is 23.6. The van der Waals surface area contributed by atoms with Crippen molar-refractivity contribution in [1.82, 2.24) is 9.97 Å². The van der Waals surface area contributed by atoms with E-state index in [0.717, 1.165) is 21.3 Å². The van der Waals surface area contributed by atoms with Crippen LogP contribution in [0.3, 0.4) is 0 Å². The molecule has 2 aromatic heterocycles. The van der Waals surface area contributed by atoms with Crippen LogP contribution in [0.5, 0.6) is 0 Å². The van der Waals surface area contributed by atoms with Gasteiger partial charge in [-0.2, -0.15) is 0 Å². The third-order valence-corrected chi connectivity index (χ3v) is 7.79. The number of benzene rings is 2. The van der Waals surface area contributed by atoms with Gasteiger partial charge in [0.15, 0.2) is 5.13 Å². The Morgan fingerprint density at radius 3 is 2.61 bits per heavy atom. The molecule has 11 heteroatoms. The summed E-state index contributed by atoms with van der Waals surface area (Å²) in [4.78, 5) is 22.3. The van der Waals surface area contributed by atoms with Gasteiger partial charge >= 0.3 is 0 Å². The van der Waals surface area contributed by atoms with Crippen LogP contribution in [0.15, 0.2) is 58.8 Å². The second-order valence-electron chi connectivity index (χ2n) is 7.14. The third-order valence-electron chi connectivity index (χ3n) is 4.58. The number of sulfonamides is 1. The molecule has 0 aliphatic heterocycles. The highest BCUT2D eigenvalue weighted by atomic mass is 32.2. The van der Waals surface area contributed by atoms with E-state index in [1.807, 2.05) is 19.2 Å². The number of para-hydroxylation sites is 1. The molecule has 33 heavy (non-hydrogen) atoms. The zero-order valence-corrected chi connectivity index (χ0v) is 20.1. The minimum Gasteiger partial charge on any atom is -0.302 e. The van der Waals surface area contributed by atoms with Crippen molar-refractivity contribution in [1.29, 1.82) is 0 Å². The van der Waals surface area contributed by atoms with Crippen LogP contribution in [0.25, 0.3) is 10.6 Å². The van der Waals surface area contributed by atoms with Crippen LogP contribution in [-0.4, -0.2) is 24.3 Å². The van der Waals surface area contributed by atoms with Crippen LogP contribution in [0.1, 0.15) is 16.3 Å². The molecule has 0 saturated carbocycles. The number of hydrogen-bond acceptors (Lipinski definition) is 7. The number of thiazole rings is 2. The van der Waals surface area contributed by atoms with Crippen molar-refractivity contribution in [2.24, 2.45) is 0 Å². The second-order valence-corrected chi connectivity index (χ2v) is 10.9. The number of halogens is 1. The molecule has 0 unspecified atom stereocenters. The number of aromatic nitrogens is 2. The number of hydrogen-bond donors (Lipinski definition) is 2. The van der Waals surface area contributed by atoms with Crippen molar-refractivity contribution >= 4 is 49.4 Å². The average molecular weight is 503 g/mol. The number of nitrogens with zero attached hydrogens (tertiary/aromatic N) is 2. The Morgan fingerprint density at radius 2 is 1.88 bits per heavy atom. The topological polar surface area (TPSA) is 101 Å². The first-order valence-corrected chi connectivity index (χ1v) is 13.0. The molecule has 0 radical (unpaired) electrons. The van der Waals surface area contributed by atoms with Crippen LogP contribution in [0.4, 0.5) is 15.2 Å². The average Bonchev–Trinajstić information content (AvgIpc) is 3.35. The fourth-order valence-electron chi connectivity index (χ4n) is 3.12. The summed E-state index contributed by atoms with van der Waals surface area (Å²) < 4.78 is 41.4. The Kier molecular flexibility index (Phi) is 6.54. The van der Waals surface area contributed by atoms with E-state index in [1.54, 1.807) is 17.4 Å². The molecule has 0 fully saturated rings. The standard InChI is InChI=1S/C22H19FN4O3S3/c1-13-21(32-14(2)24-13)19-12-31-22(25-19)26-20(28)11-15-6-5-7-16(10-15)33(29,30)27-18-9-4-3-8-17(18)23/h3-10,12,27H,11H2,1-2H3,(H,25,26,28). The third kappa shape index (κ3) is 5.44. The van der Waals surface area contributed by atoms with Gasteiger partial charge < -0.3 is 5.32 Å². The predicted octanol–water partition coefficient (Wildman–Crippen LogP) is 5.00. The first-order valence-electron chi connectivity index (χ1n) is 9.77. The lowest BCUT2D eigenvalue weighted by atomic mass is 10.1. The van der Waals surface area contributed by atoms with Gasteiger partial charge in [-0.3, -0.25) is 9.52 Å².